The van der Waals surface area contributed by atoms with Crippen LogP contribution >= 0.6 is 11.3 Å². The number of fused-ring (bicyclic) bond motifs is 1. The van der Waals surface area contributed by atoms with Crippen molar-refractivity contribution in [1.82, 2.24) is 9.97 Å². The molecule has 2 unspecified atom stereocenters. The Balaban J connectivity index is 1.71. The molecule has 27 heavy (non-hydrogen) atoms. The fraction of sp³-hybridized carbons (Fsp3) is 0.368. The van der Waals surface area contributed by atoms with Crippen LogP contribution in [0.4, 0.5) is 14.6 Å². The molecule has 0 radical (unpaired) electrons. The van der Waals surface area contributed by atoms with Gasteiger partial charge in [-0.05, 0) is 23.6 Å². The van der Waals surface area contributed by atoms with Gasteiger partial charge in [0.15, 0.2) is 5.82 Å². The van der Waals surface area contributed by atoms with Gasteiger partial charge in [-0.25, -0.2) is 18.7 Å². The Kier molecular flexibility index (Phi) is 5.29. The van der Waals surface area contributed by atoms with Crippen molar-refractivity contribution in [3.63, 3.8) is 0 Å². The second-order valence-electron chi connectivity index (χ2n) is 6.41. The van der Waals surface area contributed by atoms with Gasteiger partial charge in [0.2, 0.25) is 0 Å². The Morgan fingerprint density at radius 2 is 2.07 bits per heavy atom. The van der Waals surface area contributed by atoms with E-state index < -0.39 is 18.4 Å². The number of rotatable bonds is 5. The topological polar surface area (TPSA) is 58.5 Å². The monoisotopic (exact) mass is 391 g/mol. The number of ether oxygens (including phenoxy) is 1. The molecule has 142 valence electrons. The number of morpholine rings is 1. The summed E-state index contributed by atoms with van der Waals surface area (Å²) < 4.78 is 32.3. The maximum atomic E-state index is 13.3. The van der Waals surface area contributed by atoms with Gasteiger partial charge < -0.3 is 14.7 Å². The van der Waals surface area contributed by atoms with E-state index >= 15 is 0 Å². The summed E-state index contributed by atoms with van der Waals surface area (Å²) in [5.74, 6) is -0.00433. The molecular formula is C19H19F2N3O2S. The number of para-hydroxylation sites is 1. The zero-order valence-electron chi connectivity index (χ0n) is 14.5. The summed E-state index contributed by atoms with van der Waals surface area (Å²) in [6, 6.07) is 10.8. The first-order valence-corrected chi connectivity index (χ1v) is 9.62. The summed E-state index contributed by atoms with van der Waals surface area (Å²) in [5, 5.41) is 13.2. The predicted octanol–water partition coefficient (Wildman–Crippen LogP) is 3.96. The fourth-order valence-corrected chi connectivity index (χ4v) is 4.10. The highest BCUT2D eigenvalue weighted by Crippen LogP contribution is 2.32. The van der Waals surface area contributed by atoms with Crippen LogP contribution in [0.25, 0.3) is 10.9 Å². The third kappa shape index (κ3) is 3.78. The lowest BCUT2D eigenvalue weighted by atomic mass is 10.0. The van der Waals surface area contributed by atoms with Gasteiger partial charge in [0, 0.05) is 23.2 Å². The quantitative estimate of drug-likeness (QED) is 0.714. The molecule has 1 N–H and O–H groups in total. The van der Waals surface area contributed by atoms with Crippen LogP contribution in [-0.2, 0) is 4.74 Å². The van der Waals surface area contributed by atoms with E-state index in [9.17, 15) is 13.9 Å². The van der Waals surface area contributed by atoms with E-state index in [1.54, 1.807) is 12.1 Å². The van der Waals surface area contributed by atoms with E-state index in [1.807, 2.05) is 34.5 Å². The minimum atomic E-state index is -2.75. The number of aliphatic hydroxyl groups is 1. The van der Waals surface area contributed by atoms with Crippen molar-refractivity contribution in [1.29, 1.82) is 0 Å². The van der Waals surface area contributed by atoms with Gasteiger partial charge in [0.1, 0.15) is 5.82 Å². The van der Waals surface area contributed by atoms with Gasteiger partial charge >= 0.3 is 0 Å². The third-order valence-electron chi connectivity index (χ3n) is 4.66. The number of anilines is 1. The van der Waals surface area contributed by atoms with Crippen molar-refractivity contribution in [3.8, 4) is 0 Å². The second-order valence-corrected chi connectivity index (χ2v) is 7.39. The van der Waals surface area contributed by atoms with Crippen LogP contribution in [0.15, 0.2) is 41.8 Å². The number of alkyl halides is 2. The van der Waals surface area contributed by atoms with E-state index in [2.05, 4.69) is 9.97 Å². The zero-order valence-corrected chi connectivity index (χ0v) is 15.3. The molecule has 8 heteroatoms. The lowest BCUT2D eigenvalue weighted by Gasteiger charge is -2.38. The van der Waals surface area contributed by atoms with Gasteiger partial charge in [-0.15, -0.1) is 11.3 Å². The third-order valence-corrected chi connectivity index (χ3v) is 5.64. The molecule has 3 aromatic rings. The Labute approximate surface area is 159 Å². The van der Waals surface area contributed by atoms with Gasteiger partial charge in [0.25, 0.3) is 6.43 Å². The van der Waals surface area contributed by atoms with Crippen LogP contribution in [0, 0.1) is 0 Å². The van der Waals surface area contributed by atoms with Crippen molar-refractivity contribution in [3.05, 3.63) is 52.5 Å². The van der Waals surface area contributed by atoms with Gasteiger partial charge in [-0.2, -0.15) is 0 Å². The first-order chi connectivity index (χ1) is 13.1. The van der Waals surface area contributed by atoms with Gasteiger partial charge in [0.05, 0.1) is 30.9 Å². The summed E-state index contributed by atoms with van der Waals surface area (Å²) in [5.41, 5.74) is 0.488. The molecule has 0 bridgehead atoms. The molecule has 3 heterocycles. The van der Waals surface area contributed by atoms with E-state index in [4.69, 9.17) is 4.74 Å². The normalized spacial score (nSPS) is 19.0. The predicted molar refractivity (Wildman–Crippen MR) is 100 cm³/mol. The van der Waals surface area contributed by atoms with Gasteiger partial charge in [-0.3, -0.25) is 0 Å². The van der Waals surface area contributed by atoms with Crippen LogP contribution in [0.1, 0.15) is 29.7 Å². The van der Waals surface area contributed by atoms with E-state index in [0.717, 1.165) is 10.3 Å². The number of aliphatic hydroxyl groups excluding tert-OH is 1. The highest BCUT2D eigenvalue weighted by molar-refractivity contribution is 7.10. The first-order valence-electron chi connectivity index (χ1n) is 8.74. The molecule has 2 aromatic heterocycles. The molecule has 0 saturated carbocycles. The van der Waals surface area contributed by atoms with Crippen LogP contribution in [0.3, 0.4) is 0 Å². The van der Waals surface area contributed by atoms with E-state index in [1.165, 1.54) is 11.3 Å². The number of hydrogen-bond donors (Lipinski definition) is 1. The van der Waals surface area contributed by atoms with Crippen molar-refractivity contribution in [2.45, 2.75) is 25.0 Å². The summed E-state index contributed by atoms with van der Waals surface area (Å²) in [7, 11) is 0. The minimum Gasteiger partial charge on any atom is -0.387 e. The van der Waals surface area contributed by atoms with Crippen LogP contribution in [0.2, 0.25) is 0 Å². The van der Waals surface area contributed by atoms with Crippen molar-refractivity contribution in [2.24, 2.45) is 0 Å². The van der Waals surface area contributed by atoms with Crippen molar-refractivity contribution < 1.29 is 18.6 Å². The van der Waals surface area contributed by atoms with Crippen molar-refractivity contribution >= 4 is 28.1 Å². The molecule has 1 aromatic carbocycles. The fourth-order valence-electron chi connectivity index (χ4n) is 3.38. The lowest BCUT2D eigenvalue weighted by Crippen LogP contribution is -2.47. The van der Waals surface area contributed by atoms with Crippen LogP contribution in [-0.4, -0.2) is 40.9 Å². The van der Waals surface area contributed by atoms with Gasteiger partial charge in [-0.1, -0.05) is 18.2 Å². The standard InChI is InChI=1S/C19H19F2N3O2S/c20-17(21)18-22-14-5-2-1-4-13(14)19(23-18)24-7-8-26-11-12(24)10-15(25)16-6-3-9-27-16/h1-6,9,12,15,17,25H,7-8,10-11H2. The van der Waals surface area contributed by atoms with Crippen molar-refractivity contribution in [2.75, 3.05) is 24.7 Å². The molecular weight excluding hydrogens is 372 g/mol. The molecule has 0 amide bonds. The Hall–Kier alpha value is -2.16. The molecule has 0 spiro atoms. The number of thiophene rings is 1. The summed E-state index contributed by atoms with van der Waals surface area (Å²) in [6.45, 7) is 1.41. The molecule has 4 rings (SSSR count). The first kappa shape index (κ1) is 18.2. The smallest absolute Gasteiger partial charge is 0.297 e. The molecule has 1 aliphatic heterocycles. The Bertz CT molecular complexity index is 907. The molecule has 2 atom stereocenters. The SMILES string of the molecule is OC(CC1COCCN1c1nc(C(F)F)nc2ccccc12)c1cccs1. The maximum absolute atomic E-state index is 13.3. The maximum Gasteiger partial charge on any atom is 0.297 e. The van der Waals surface area contributed by atoms with Crippen LogP contribution in [0.5, 0.6) is 0 Å². The number of aromatic nitrogens is 2. The number of benzene rings is 1. The number of hydrogen-bond acceptors (Lipinski definition) is 6. The molecule has 1 fully saturated rings. The van der Waals surface area contributed by atoms with Crippen LogP contribution < -0.4 is 4.90 Å². The Morgan fingerprint density at radius 1 is 1.22 bits per heavy atom. The molecule has 1 saturated heterocycles. The number of halogens is 2. The molecule has 1 aliphatic rings. The zero-order chi connectivity index (χ0) is 18.8. The van der Waals surface area contributed by atoms with E-state index in [0.29, 0.717) is 37.5 Å². The second kappa shape index (κ2) is 7.84. The lowest BCUT2D eigenvalue weighted by molar-refractivity contribution is 0.0684. The van der Waals surface area contributed by atoms with E-state index in [-0.39, 0.29) is 6.04 Å². The largest absolute Gasteiger partial charge is 0.387 e. The summed E-state index contributed by atoms with van der Waals surface area (Å²) in [4.78, 5) is 11.0. The number of nitrogens with zero attached hydrogens (tertiary/aromatic N) is 3. The minimum absolute atomic E-state index is 0.167. The molecule has 5 nitrogen and oxygen atoms in total. The average molecular weight is 391 g/mol. The summed E-state index contributed by atoms with van der Waals surface area (Å²) in [6.07, 6.45) is -2.95. The Morgan fingerprint density at radius 3 is 2.85 bits per heavy atom. The summed E-state index contributed by atoms with van der Waals surface area (Å²) >= 11 is 1.49. The average Bonchev–Trinajstić information content (AvgIpc) is 3.22. The highest BCUT2D eigenvalue weighted by Gasteiger charge is 2.29. The highest BCUT2D eigenvalue weighted by atomic mass is 32.1. The molecule has 0 aliphatic carbocycles.